The fraction of sp³-hybridized carbons (Fsp3) is 0.571. The van der Waals surface area contributed by atoms with Crippen molar-refractivity contribution in [2.45, 2.75) is 62.4 Å². The molecule has 2 heterocycles. The van der Waals surface area contributed by atoms with Gasteiger partial charge in [-0.1, -0.05) is 0 Å². The lowest BCUT2D eigenvalue weighted by molar-refractivity contribution is -0.334. The molecule has 0 spiro atoms. The van der Waals surface area contributed by atoms with Crippen LogP contribution in [-0.4, -0.2) is 86.8 Å². The van der Waals surface area contributed by atoms with Crippen LogP contribution in [0.5, 0.6) is 5.75 Å². The first-order valence-electron chi connectivity index (χ1n) is 9.96. The molecule has 0 radical (unpaired) electrons. The largest absolute Gasteiger partial charge is 0.496 e. The smallest absolute Gasteiger partial charge is 0.336 e. The Balaban J connectivity index is 1.86. The molecule has 0 amide bonds. The van der Waals surface area contributed by atoms with E-state index >= 15 is 0 Å². The number of hydrogen-bond donors (Lipinski definition) is 6. The first-order chi connectivity index (χ1) is 15.0. The molecule has 3 rings (SSSR count). The molecule has 7 atom stereocenters. The molecule has 1 aliphatic rings. The highest BCUT2D eigenvalue weighted by molar-refractivity contribution is 5.79. The molecule has 32 heavy (non-hydrogen) atoms. The van der Waals surface area contributed by atoms with E-state index in [2.05, 4.69) is 0 Å². The Morgan fingerprint density at radius 1 is 1.09 bits per heavy atom. The summed E-state index contributed by atoms with van der Waals surface area (Å²) >= 11 is 0. The van der Waals surface area contributed by atoms with Crippen LogP contribution < -0.4 is 10.4 Å². The lowest BCUT2D eigenvalue weighted by Gasteiger charge is -2.44. The van der Waals surface area contributed by atoms with Gasteiger partial charge in [-0.15, -0.1) is 0 Å². The number of benzene rings is 1. The normalized spacial score (nSPS) is 28.5. The Bertz CT molecular complexity index is 985. The third kappa shape index (κ3) is 4.65. The topological polar surface area (TPSA) is 179 Å². The van der Waals surface area contributed by atoms with Gasteiger partial charge in [0.05, 0.1) is 19.3 Å². The van der Waals surface area contributed by atoms with E-state index in [0.717, 1.165) is 0 Å². The van der Waals surface area contributed by atoms with E-state index in [1.165, 1.54) is 45.2 Å². The van der Waals surface area contributed by atoms with Gasteiger partial charge in [0.2, 0.25) is 0 Å². The van der Waals surface area contributed by atoms with E-state index in [9.17, 15) is 35.4 Å². The molecular formula is C21H28O11. The van der Waals surface area contributed by atoms with Gasteiger partial charge < -0.3 is 49.3 Å². The Labute approximate surface area is 183 Å². The van der Waals surface area contributed by atoms with E-state index in [0.29, 0.717) is 5.39 Å². The number of rotatable bonds is 7. The van der Waals surface area contributed by atoms with Crippen LogP contribution in [0.2, 0.25) is 0 Å². The molecule has 11 nitrogen and oxygen atoms in total. The molecule has 1 fully saturated rings. The second kappa shape index (κ2) is 9.41. The highest BCUT2D eigenvalue weighted by Crippen LogP contribution is 2.36. The van der Waals surface area contributed by atoms with E-state index in [-0.39, 0.29) is 16.9 Å². The molecule has 1 aromatic carbocycles. The average Bonchev–Trinajstić information content (AvgIpc) is 2.77. The summed E-state index contributed by atoms with van der Waals surface area (Å²) in [7, 11) is 1.35. The fourth-order valence-electron chi connectivity index (χ4n) is 3.61. The Kier molecular flexibility index (Phi) is 7.22. The predicted molar refractivity (Wildman–Crippen MR) is 109 cm³/mol. The van der Waals surface area contributed by atoms with Crippen LogP contribution >= 0.6 is 0 Å². The first kappa shape index (κ1) is 24.6. The molecule has 0 bridgehead atoms. The Morgan fingerprint density at radius 2 is 1.78 bits per heavy atom. The van der Waals surface area contributed by atoms with Gasteiger partial charge in [0.15, 0.2) is 6.29 Å². The van der Waals surface area contributed by atoms with Crippen molar-refractivity contribution in [3.05, 3.63) is 40.2 Å². The van der Waals surface area contributed by atoms with E-state index in [4.69, 9.17) is 18.6 Å². The molecule has 2 aromatic rings. The second-order valence-corrected chi connectivity index (χ2v) is 8.19. The van der Waals surface area contributed by atoms with Gasteiger partial charge in [-0.05, 0) is 26.0 Å². The molecular weight excluding hydrogens is 428 g/mol. The van der Waals surface area contributed by atoms with Crippen molar-refractivity contribution in [1.82, 2.24) is 0 Å². The van der Waals surface area contributed by atoms with E-state index in [1.54, 1.807) is 0 Å². The summed E-state index contributed by atoms with van der Waals surface area (Å²) in [6.07, 6.45) is -10.7. The fourth-order valence-corrected chi connectivity index (χ4v) is 3.61. The summed E-state index contributed by atoms with van der Waals surface area (Å²) < 4.78 is 21.4. The van der Waals surface area contributed by atoms with Crippen molar-refractivity contribution < 1.29 is 49.3 Å². The zero-order valence-corrected chi connectivity index (χ0v) is 17.8. The van der Waals surface area contributed by atoms with Gasteiger partial charge in [-0.2, -0.15) is 0 Å². The van der Waals surface area contributed by atoms with Gasteiger partial charge in [0.1, 0.15) is 48.0 Å². The van der Waals surface area contributed by atoms with Crippen molar-refractivity contribution >= 4 is 11.0 Å². The highest BCUT2D eigenvalue weighted by Gasteiger charge is 2.48. The van der Waals surface area contributed by atoms with Gasteiger partial charge in [0, 0.05) is 23.1 Å². The van der Waals surface area contributed by atoms with E-state index in [1.807, 2.05) is 0 Å². The van der Waals surface area contributed by atoms with Crippen molar-refractivity contribution in [3.63, 3.8) is 0 Å². The summed E-state index contributed by atoms with van der Waals surface area (Å²) in [5.41, 5.74) is -1.68. The van der Waals surface area contributed by atoms with Crippen LogP contribution in [0.3, 0.4) is 0 Å². The number of fused-ring (bicyclic) bond motifs is 1. The second-order valence-electron chi connectivity index (χ2n) is 8.19. The van der Waals surface area contributed by atoms with Gasteiger partial charge in [-0.25, -0.2) is 4.79 Å². The van der Waals surface area contributed by atoms with Crippen molar-refractivity contribution in [2.75, 3.05) is 13.7 Å². The van der Waals surface area contributed by atoms with Gasteiger partial charge in [0.25, 0.3) is 0 Å². The standard InChI is InChI=1S/C21H28O11/c1-21(2,32-20-18(27)17(26)16(25)13(8-22)31-20)19(28)15(24)10-6-9-4-5-14(23)30-11(9)7-12(10)29-3/h4-7,13,15-20,22,24-28H,8H2,1-3H3. The minimum atomic E-state index is -1.67. The minimum Gasteiger partial charge on any atom is -0.496 e. The zero-order valence-electron chi connectivity index (χ0n) is 17.8. The lowest BCUT2D eigenvalue weighted by atomic mass is 9.90. The molecule has 0 aliphatic carbocycles. The van der Waals surface area contributed by atoms with E-state index < -0.39 is 60.7 Å². The molecule has 11 heteroatoms. The molecule has 1 saturated heterocycles. The van der Waals surface area contributed by atoms with Crippen LogP contribution in [0.15, 0.2) is 33.5 Å². The Hall–Kier alpha value is -2.09. The third-order valence-corrected chi connectivity index (χ3v) is 5.57. The summed E-state index contributed by atoms with van der Waals surface area (Å²) in [5, 5.41) is 61.7. The van der Waals surface area contributed by atoms with Crippen molar-refractivity contribution in [2.24, 2.45) is 0 Å². The number of aliphatic hydroxyl groups is 6. The number of ether oxygens (including phenoxy) is 3. The molecule has 1 aliphatic heterocycles. The van der Waals surface area contributed by atoms with Crippen LogP contribution in [-0.2, 0) is 9.47 Å². The molecule has 0 saturated carbocycles. The monoisotopic (exact) mass is 456 g/mol. The lowest BCUT2D eigenvalue weighted by Crippen LogP contribution is -2.61. The van der Waals surface area contributed by atoms with Gasteiger partial charge >= 0.3 is 5.63 Å². The number of hydrogen-bond acceptors (Lipinski definition) is 11. The summed E-state index contributed by atoms with van der Waals surface area (Å²) in [6.45, 7) is 2.21. The third-order valence-electron chi connectivity index (χ3n) is 5.57. The Morgan fingerprint density at radius 3 is 2.41 bits per heavy atom. The molecule has 7 unspecified atom stereocenters. The SMILES string of the molecule is COc1cc2oc(=O)ccc2cc1C(O)C(O)C(C)(C)OC1OC(CO)C(O)C(O)C1O. The summed E-state index contributed by atoms with van der Waals surface area (Å²) in [5.74, 6) is 0.155. The van der Waals surface area contributed by atoms with Crippen molar-refractivity contribution in [1.29, 1.82) is 0 Å². The number of aliphatic hydroxyl groups excluding tert-OH is 6. The minimum absolute atomic E-state index is 0.155. The molecule has 1 aromatic heterocycles. The van der Waals surface area contributed by atoms with Crippen LogP contribution in [0, 0.1) is 0 Å². The molecule has 178 valence electrons. The zero-order chi connectivity index (χ0) is 23.8. The maximum Gasteiger partial charge on any atom is 0.336 e. The first-order valence-corrected chi connectivity index (χ1v) is 9.96. The van der Waals surface area contributed by atoms with Crippen molar-refractivity contribution in [3.8, 4) is 5.75 Å². The summed E-state index contributed by atoms with van der Waals surface area (Å²) in [6, 6.07) is 5.62. The molecule has 6 N–H and O–H groups in total. The summed E-state index contributed by atoms with van der Waals surface area (Å²) in [4.78, 5) is 11.5. The highest BCUT2D eigenvalue weighted by atomic mass is 16.7. The van der Waals surface area contributed by atoms with Crippen LogP contribution in [0.25, 0.3) is 11.0 Å². The maximum absolute atomic E-state index is 11.5. The van der Waals surface area contributed by atoms with Crippen LogP contribution in [0.4, 0.5) is 0 Å². The number of methoxy groups -OCH3 is 1. The van der Waals surface area contributed by atoms with Gasteiger partial charge in [-0.3, -0.25) is 0 Å². The quantitative estimate of drug-likeness (QED) is 0.275. The average molecular weight is 456 g/mol. The maximum atomic E-state index is 11.5. The van der Waals surface area contributed by atoms with Crippen LogP contribution in [0.1, 0.15) is 25.5 Å². The predicted octanol–water partition coefficient (Wildman–Crippen LogP) is -1.21.